The largest absolute Gasteiger partial charge is 0.478 e. The standard InChI is InChI=1S/C29H28BrN3O4/c1-18(29(35)36-2)37-26-15-12-19-8-6-7-11-22(19)24(26)17-31-33-27(20-9-4-3-5-10-20)32-25-14-13-21(30)16-23(25)28(33)34/h6-8,11-18,20H,3-5,9-10H2,1-2H3/t18-/m0/s1. The minimum absolute atomic E-state index is 0.161. The van der Waals surface area contributed by atoms with E-state index >= 15 is 0 Å². The molecule has 0 radical (unpaired) electrons. The van der Waals surface area contributed by atoms with Gasteiger partial charge in [0.25, 0.3) is 5.56 Å². The highest BCUT2D eigenvalue weighted by Crippen LogP contribution is 2.32. The predicted molar refractivity (Wildman–Crippen MR) is 149 cm³/mol. The predicted octanol–water partition coefficient (Wildman–Crippen LogP) is 6.18. The van der Waals surface area contributed by atoms with Gasteiger partial charge in [-0.05, 0) is 54.8 Å². The maximum Gasteiger partial charge on any atom is 0.346 e. The first-order chi connectivity index (χ1) is 18.0. The van der Waals surface area contributed by atoms with Crippen molar-refractivity contribution in [3.8, 4) is 5.75 Å². The topological polar surface area (TPSA) is 82.8 Å². The molecular formula is C29H28BrN3O4. The molecule has 1 saturated carbocycles. The van der Waals surface area contributed by atoms with Crippen molar-refractivity contribution in [2.45, 2.75) is 51.0 Å². The Labute approximate surface area is 223 Å². The van der Waals surface area contributed by atoms with E-state index < -0.39 is 12.1 Å². The van der Waals surface area contributed by atoms with Crippen LogP contribution in [0.15, 0.2) is 69.0 Å². The van der Waals surface area contributed by atoms with Crippen molar-refractivity contribution in [1.29, 1.82) is 0 Å². The van der Waals surface area contributed by atoms with Gasteiger partial charge in [-0.15, -0.1) is 0 Å². The zero-order valence-corrected chi connectivity index (χ0v) is 22.4. The van der Waals surface area contributed by atoms with Gasteiger partial charge in [0.1, 0.15) is 11.6 Å². The number of esters is 1. The zero-order chi connectivity index (χ0) is 25.9. The lowest BCUT2D eigenvalue weighted by molar-refractivity contribution is -0.147. The van der Waals surface area contributed by atoms with Gasteiger partial charge in [-0.25, -0.2) is 9.78 Å². The Bertz CT molecular complexity index is 1560. The third-order valence-corrected chi connectivity index (χ3v) is 7.37. The summed E-state index contributed by atoms with van der Waals surface area (Å²) in [4.78, 5) is 30.7. The number of methoxy groups -OCH3 is 1. The SMILES string of the molecule is COC(=O)[C@H](C)Oc1ccc2ccccc2c1C=Nn1c(C2CCCCC2)nc2ccc(Br)cc2c1=O. The molecule has 0 N–H and O–H groups in total. The highest BCUT2D eigenvalue weighted by atomic mass is 79.9. The normalized spacial score (nSPS) is 15.3. The molecule has 0 aliphatic heterocycles. The molecule has 1 aliphatic rings. The number of carbonyl (C=O) groups excluding carboxylic acids is 1. The summed E-state index contributed by atoms with van der Waals surface area (Å²) in [6.45, 7) is 1.64. The van der Waals surface area contributed by atoms with Gasteiger partial charge in [-0.2, -0.15) is 9.78 Å². The molecule has 37 heavy (non-hydrogen) atoms. The molecule has 0 unspecified atom stereocenters. The minimum atomic E-state index is -0.807. The number of fused-ring (bicyclic) bond motifs is 2. The molecule has 7 nitrogen and oxygen atoms in total. The van der Waals surface area contributed by atoms with E-state index in [1.165, 1.54) is 18.2 Å². The molecule has 190 valence electrons. The van der Waals surface area contributed by atoms with Crippen LogP contribution in [0.3, 0.4) is 0 Å². The summed E-state index contributed by atoms with van der Waals surface area (Å²) in [6.07, 6.45) is 6.19. The van der Waals surface area contributed by atoms with Gasteiger partial charge in [0.05, 0.1) is 24.2 Å². The average molecular weight is 562 g/mol. The first-order valence-electron chi connectivity index (χ1n) is 12.5. The summed E-state index contributed by atoms with van der Waals surface area (Å²) in [5.41, 5.74) is 1.12. The highest BCUT2D eigenvalue weighted by molar-refractivity contribution is 9.10. The van der Waals surface area contributed by atoms with E-state index in [0.717, 1.165) is 40.9 Å². The Morgan fingerprint density at radius 1 is 1.11 bits per heavy atom. The molecule has 3 aromatic carbocycles. The molecule has 0 amide bonds. The van der Waals surface area contributed by atoms with E-state index in [-0.39, 0.29) is 11.5 Å². The van der Waals surface area contributed by atoms with Gasteiger partial charge >= 0.3 is 5.97 Å². The molecule has 0 saturated heterocycles. The van der Waals surface area contributed by atoms with Crippen LogP contribution in [0.5, 0.6) is 5.75 Å². The molecule has 1 heterocycles. The molecule has 1 aliphatic carbocycles. The third kappa shape index (κ3) is 5.16. The maximum atomic E-state index is 13.7. The van der Waals surface area contributed by atoms with Crippen LogP contribution >= 0.6 is 15.9 Å². The highest BCUT2D eigenvalue weighted by Gasteiger charge is 2.23. The fourth-order valence-corrected chi connectivity index (χ4v) is 5.30. The van der Waals surface area contributed by atoms with Crippen LogP contribution in [-0.4, -0.2) is 35.1 Å². The van der Waals surface area contributed by atoms with Crippen LogP contribution in [0, 0.1) is 0 Å². The Morgan fingerprint density at radius 2 is 1.89 bits per heavy atom. The molecule has 1 fully saturated rings. The second-order valence-electron chi connectivity index (χ2n) is 9.31. The van der Waals surface area contributed by atoms with Crippen molar-refractivity contribution in [3.05, 3.63) is 80.8 Å². The fourth-order valence-electron chi connectivity index (χ4n) is 4.93. The van der Waals surface area contributed by atoms with Gasteiger partial charge in [-0.3, -0.25) is 4.79 Å². The van der Waals surface area contributed by atoms with Crippen molar-refractivity contribution in [3.63, 3.8) is 0 Å². The van der Waals surface area contributed by atoms with Crippen molar-refractivity contribution in [2.75, 3.05) is 7.11 Å². The molecule has 5 rings (SSSR count). The number of hydrogen-bond donors (Lipinski definition) is 0. The smallest absolute Gasteiger partial charge is 0.346 e. The van der Waals surface area contributed by atoms with E-state index in [4.69, 9.17) is 19.6 Å². The Balaban J connectivity index is 1.67. The van der Waals surface area contributed by atoms with E-state index in [1.54, 1.807) is 19.2 Å². The summed E-state index contributed by atoms with van der Waals surface area (Å²) in [5.74, 6) is 0.843. The molecule has 1 aromatic heterocycles. The van der Waals surface area contributed by atoms with Crippen molar-refractivity contribution < 1.29 is 14.3 Å². The van der Waals surface area contributed by atoms with Gasteiger partial charge in [-0.1, -0.05) is 65.5 Å². The Kier molecular flexibility index (Phi) is 7.37. The number of halogens is 1. The zero-order valence-electron chi connectivity index (χ0n) is 20.8. The summed E-state index contributed by atoms with van der Waals surface area (Å²) in [7, 11) is 1.33. The van der Waals surface area contributed by atoms with Crippen LogP contribution in [0.1, 0.15) is 56.3 Å². The van der Waals surface area contributed by atoms with E-state index in [1.807, 2.05) is 48.5 Å². The van der Waals surface area contributed by atoms with Crippen LogP contribution in [0.4, 0.5) is 0 Å². The van der Waals surface area contributed by atoms with Crippen LogP contribution in [0.2, 0.25) is 0 Å². The number of ether oxygens (including phenoxy) is 2. The number of benzene rings is 3. The summed E-state index contributed by atoms with van der Waals surface area (Å²) < 4.78 is 13.1. The van der Waals surface area contributed by atoms with E-state index in [0.29, 0.717) is 28.0 Å². The van der Waals surface area contributed by atoms with Crippen molar-refractivity contribution in [2.24, 2.45) is 5.10 Å². The Morgan fingerprint density at radius 3 is 2.68 bits per heavy atom. The fraction of sp³-hybridized carbons (Fsp3) is 0.310. The molecular weight excluding hydrogens is 534 g/mol. The second kappa shape index (κ2) is 10.8. The van der Waals surface area contributed by atoms with E-state index in [9.17, 15) is 9.59 Å². The summed E-state index contributed by atoms with van der Waals surface area (Å²) in [5, 5.41) is 7.10. The van der Waals surface area contributed by atoms with Crippen LogP contribution in [0.25, 0.3) is 21.7 Å². The van der Waals surface area contributed by atoms with Crippen LogP contribution in [-0.2, 0) is 9.53 Å². The lowest BCUT2D eigenvalue weighted by atomic mass is 9.88. The van der Waals surface area contributed by atoms with Crippen molar-refractivity contribution >= 4 is 49.8 Å². The van der Waals surface area contributed by atoms with Gasteiger partial charge in [0.2, 0.25) is 0 Å². The third-order valence-electron chi connectivity index (χ3n) is 6.87. The number of rotatable bonds is 6. The van der Waals surface area contributed by atoms with Gasteiger partial charge in [0.15, 0.2) is 6.10 Å². The Hall–Kier alpha value is -3.52. The van der Waals surface area contributed by atoms with Gasteiger partial charge < -0.3 is 9.47 Å². The number of hydrogen-bond acceptors (Lipinski definition) is 6. The molecule has 1 atom stereocenters. The number of carbonyl (C=O) groups is 1. The number of nitrogens with zero attached hydrogens (tertiary/aromatic N) is 3. The molecule has 4 aromatic rings. The quantitative estimate of drug-likeness (QED) is 0.207. The number of aromatic nitrogens is 2. The monoisotopic (exact) mass is 561 g/mol. The maximum absolute atomic E-state index is 13.7. The summed E-state index contributed by atoms with van der Waals surface area (Å²) >= 11 is 3.47. The van der Waals surface area contributed by atoms with Crippen molar-refractivity contribution in [1.82, 2.24) is 9.66 Å². The second-order valence-corrected chi connectivity index (χ2v) is 10.2. The first kappa shape index (κ1) is 25.1. The minimum Gasteiger partial charge on any atom is -0.478 e. The molecule has 8 heteroatoms. The van der Waals surface area contributed by atoms with Crippen LogP contribution < -0.4 is 10.3 Å². The van der Waals surface area contributed by atoms with Gasteiger partial charge in [0, 0.05) is 16.0 Å². The average Bonchev–Trinajstić information content (AvgIpc) is 2.93. The first-order valence-corrected chi connectivity index (χ1v) is 13.3. The molecule has 0 bridgehead atoms. The lowest BCUT2D eigenvalue weighted by Gasteiger charge is -2.23. The van der Waals surface area contributed by atoms with E-state index in [2.05, 4.69) is 15.9 Å². The summed E-state index contributed by atoms with van der Waals surface area (Å²) in [6, 6.07) is 17.1. The molecule has 0 spiro atoms. The lowest BCUT2D eigenvalue weighted by Crippen LogP contribution is -2.26.